The highest BCUT2D eigenvalue weighted by atomic mass is 35.5. The molecule has 1 aromatic rings. The molecule has 0 saturated carbocycles. The highest BCUT2D eigenvalue weighted by Crippen LogP contribution is 2.15. The van der Waals surface area contributed by atoms with E-state index in [1.54, 1.807) is 6.07 Å². The van der Waals surface area contributed by atoms with Crippen molar-refractivity contribution in [3.8, 4) is 0 Å². The summed E-state index contributed by atoms with van der Waals surface area (Å²) >= 11 is 5.61. The lowest BCUT2D eigenvalue weighted by Crippen LogP contribution is -2.13. The highest BCUT2D eigenvalue weighted by Gasteiger charge is 2.07. The minimum atomic E-state index is -0.366. The van der Waals surface area contributed by atoms with Crippen LogP contribution in [-0.4, -0.2) is 11.8 Å². The minimum Gasteiger partial charge on any atom is -0.366 e. The van der Waals surface area contributed by atoms with E-state index in [0.29, 0.717) is 11.4 Å². The number of halogens is 1. The molecule has 1 rings (SSSR count). The third-order valence-corrected chi connectivity index (χ3v) is 2.56. The molecule has 0 saturated heterocycles. The first-order chi connectivity index (χ1) is 6.66. The van der Waals surface area contributed by atoms with E-state index in [1.807, 2.05) is 19.1 Å². The third kappa shape index (κ3) is 2.48. The van der Waals surface area contributed by atoms with Gasteiger partial charge in [-0.15, -0.1) is 11.6 Å². The molecule has 0 atom stereocenters. The van der Waals surface area contributed by atoms with Gasteiger partial charge in [0.15, 0.2) is 0 Å². The van der Waals surface area contributed by atoms with Gasteiger partial charge in [0.05, 0.1) is 0 Å². The largest absolute Gasteiger partial charge is 0.366 e. The molecule has 0 heterocycles. The van der Waals surface area contributed by atoms with E-state index in [1.165, 1.54) is 0 Å². The van der Waals surface area contributed by atoms with Crippen LogP contribution in [-0.2, 0) is 6.42 Å². The Morgan fingerprint density at radius 1 is 1.50 bits per heavy atom. The lowest BCUT2D eigenvalue weighted by molar-refractivity contribution is 0.0999. The van der Waals surface area contributed by atoms with Gasteiger partial charge in [0.1, 0.15) is 0 Å². The van der Waals surface area contributed by atoms with Gasteiger partial charge in [0.2, 0.25) is 5.91 Å². The van der Waals surface area contributed by atoms with E-state index in [9.17, 15) is 4.79 Å². The quantitative estimate of drug-likeness (QED) is 0.763. The predicted octanol–water partition coefficient (Wildman–Crippen LogP) is 2.27. The fraction of sp³-hybridized carbons (Fsp3) is 0.364. The van der Waals surface area contributed by atoms with Crippen molar-refractivity contribution in [2.45, 2.75) is 19.8 Å². The smallest absolute Gasteiger partial charge is 0.248 e. The molecule has 0 aliphatic carbocycles. The summed E-state index contributed by atoms with van der Waals surface area (Å²) in [6.45, 7) is 1.92. The lowest BCUT2D eigenvalue weighted by atomic mass is 9.99. The van der Waals surface area contributed by atoms with E-state index < -0.39 is 0 Å². The number of hydrogen-bond donors (Lipinski definition) is 1. The molecule has 0 aliphatic heterocycles. The molecule has 0 fully saturated rings. The van der Waals surface area contributed by atoms with Crippen LogP contribution in [0.5, 0.6) is 0 Å². The van der Waals surface area contributed by atoms with Gasteiger partial charge in [-0.2, -0.15) is 0 Å². The zero-order chi connectivity index (χ0) is 10.6. The monoisotopic (exact) mass is 211 g/mol. The number of alkyl halides is 1. The van der Waals surface area contributed by atoms with Crippen LogP contribution in [0.3, 0.4) is 0 Å². The first-order valence-corrected chi connectivity index (χ1v) is 5.14. The second kappa shape index (κ2) is 5.01. The van der Waals surface area contributed by atoms with Gasteiger partial charge < -0.3 is 5.73 Å². The Morgan fingerprint density at radius 2 is 2.21 bits per heavy atom. The Hall–Kier alpha value is -1.02. The number of carbonyl (C=O) groups is 1. The van der Waals surface area contributed by atoms with Crippen molar-refractivity contribution in [2.24, 2.45) is 5.73 Å². The summed E-state index contributed by atoms with van der Waals surface area (Å²) in [4.78, 5) is 11.0. The van der Waals surface area contributed by atoms with E-state index in [4.69, 9.17) is 17.3 Å². The van der Waals surface area contributed by atoms with Gasteiger partial charge in [-0.1, -0.05) is 12.1 Å². The summed E-state index contributed by atoms with van der Waals surface area (Å²) in [5.41, 5.74) is 7.99. The Bertz CT molecular complexity index is 336. The number of primary amides is 1. The van der Waals surface area contributed by atoms with Gasteiger partial charge in [0.25, 0.3) is 0 Å². The van der Waals surface area contributed by atoms with Gasteiger partial charge >= 0.3 is 0 Å². The molecule has 14 heavy (non-hydrogen) atoms. The molecule has 76 valence electrons. The van der Waals surface area contributed by atoms with Crippen LogP contribution in [0.15, 0.2) is 18.2 Å². The summed E-state index contributed by atoms with van der Waals surface area (Å²) in [7, 11) is 0. The Kier molecular flexibility index (Phi) is 3.96. The molecular formula is C11H14ClNO. The first kappa shape index (κ1) is 11.1. The van der Waals surface area contributed by atoms with Crippen molar-refractivity contribution in [1.82, 2.24) is 0 Å². The van der Waals surface area contributed by atoms with Gasteiger partial charge in [-0.3, -0.25) is 4.79 Å². The molecule has 2 nitrogen and oxygen atoms in total. The van der Waals surface area contributed by atoms with Gasteiger partial charge in [-0.25, -0.2) is 0 Å². The summed E-state index contributed by atoms with van der Waals surface area (Å²) in [5.74, 6) is 0.274. The second-order valence-corrected chi connectivity index (χ2v) is 3.62. The van der Waals surface area contributed by atoms with Crippen LogP contribution in [0.1, 0.15) is 27.9 Å². The second-order valence-electron chi connectivity index (χ2n) is 3.25. The normalized spacial score (nSPS) is 10.1. The topological polar surface area (TPSA) is 43.1 Å². The fourth-order valence-corrected chi connectivity index (χ4v) is 1.61. The molecule has 0 unspecified atom stereocenters. The van der Waals surface area contributed by atoms with E-state index in [0.717, 1.165) is 24.0 Å². The number of rotatable bonds is 4. The number of hydrogen-bond acceptors (Lipinski definition) is 1. The zero-order valence-electron chi connectivity index (χ0n) is 8.22. The van der Waals surface area contributed by atoms with Crippen LogP contribution in [0.25, 0.3) is 0 Å². The Labute approximate surface area is 89.1 Å². The SMILES string of the molecule is Cc1c(CCCCl)cccc1C(N)=O. The Morgan fingerprint density at radius 3 is 2.79 bits per heavy atom. The molecule has 2 N–H and O–H groups in total. The van der Waals surface area contributed by atoms with Crippen LogP contribution in [0.4, 0.5) is 0 Å². The van der Waals surface area contributed by atoms with E-state index in [2.05, 4.69) is 0 Å². The summed E-state index contributed by atoms with van der Waals surface area (Å²) in [6, 6.07) is 5.62. The maximum atomic E-state index is 11.0. The molecule has 1 aromatic carbocycles. The van der Waals surface area contributed by atoms with Crippen LogP contribution in [0, 0.1) is 6.92 Å². The molecule has 0 bridgehead atoms. The molecule has 0 radical (unpaired) electrons. The number of benzene rings is 1. The summed E-state index contributed by atoms with van der Waals surface area (Å²) < 4.78 is 0. The van der Waals surface area contributed by atoms with Crippen molar-refractivity contribution < 1.29 is 4.79 Å². The highest BCUT2D eigenvalue weighted by molar-refractivity contribution is 6.17. The molecule has 3 heteroatoms. The number of carbonyl (C=O) groups excluding carboxylic acids is 1. The van der Waals surface area contributed by atoms with Crippen molar-refractivity contribution in [3.05, 3.63) is 34.9 Å². The molecule has 0 aromatic heterocycles. The Balaban J connectivity index is 2.95. The van der Waals surface area contributed by atoms with E-state index in [-0.39, 0.29) is 5.91 Å². The molecule has 0 aliphatic rings. The van der Waals surface area contributed by atoms with Crippen LogP contribution in [0.2, 0.25) is 0 Å². The van der Waals surface area contributed by atoms with Crippen LogP contribution >= 0.6 is 11.6 Å². The number of aryl methyl sites for hydroxylation is 1. The zero-order valence-corrected chi connectivity index (χ0v) is 8.97. The summed E-state index contributed by atoms with van der Waals surface area (Å²) in [6.07, 6.45) is 1.82. The number of amides is 1. The predicted molar refractivity (Wildman–Crippen MR) is 58.7 cm³/mol. The van der Waals surface area contributed by atoms with Crippen molar-refractivity contribution in [3.63, 3.8) is 0 Å². The maximum Gasteiger partial charge on any atom is 0.248 e. The molecular weight excluding hydrogens is 198 g/mol. The van der Waals surface area contributed by atoms with Crippen molar-refractivity contribution >= 4 is 17.5 Å². The lowest BCUT2D eigenvalue weighted by Gasteiger charge is -2.07. The fourth-order valence-electron chi connectivity index (χ4n) is 1.48. The van der Waals surface area contributed by atoms with Gasteiger partial charge in [0, 0.05) is 11.4 Å². The van der Waals surface area contributed by atoms with Crippen molar-refractivity contribution in [2.75, 3.05) is 5.88 Å². The standard InChI is InChI=1S/C11H14ClNO/c1-8-9(5-3-7-12)4-2-6-10(8)11(13)14/h2,4,6H,3,5,7H2,1H3,(H2,13,14). The van der Waals surface area contributed by atoms with Gasteiger partial charge in [-0.05, 0) is 37.0 Å². The third-order valence-electron chi connectivity index (χ3n) is 2.29. The molecule has 1 amide bonds. The van der Waals surface area contributed by atoms with Crippen molar-refractivity contribution in [1.29, 1.82) is 0 Å². The summed E-state index contributed by atoms with van der Waals surface area (Å²) in [5, 5.41) is 0. The average Bonchev–Trinajstić information content (AvgIpc) is 2.16. The molecule has 0 spiro atoms. The average molecular weight is 212 g/mol. The maximum absolute atomic E-state index is 11.0. The first-order valence-electron chi connectivity index (χ1n) is 4.61. The van der Waals surface area contributed by atoms with E-state index >= 15 is 0 Å². The minimum absolute atomic E-state index is 0.366. The number of nitrogens with two attached hydrogens (primary N) is 1. The van der Waals surface area contributed by atoms with Crippen LogP contribution < -0.4 is 5.73 Å².